The Hall–Kier alpha value is -1.14. The molecule has 0 aliphatic carbocycles. The minimum absolute atomic E-state index is 0.0924. The van der Waals surface area contributed by atoms with Gasteiger partial charge in [0.2, 0.25) is 5.91 Å². The van der Waals surface area contributed by atoms with Crippen molar-refractivity contribution in [2.45, 2.75) is 19.4 Å². The van der Waals surface area contributed by atoms with Crippen LogP contribution in [0.25, 0.3) is 0 Å². The highest BCUT2D eigenvalue weighted by Crippen LogP contribution is 2.27. The number of anilines is 1. The maximum Gasteiger partial charge on any atom is 0.221 e. The van der Waals surface area contributed by atoms with Gasteiger partial charge in [0.15, 0.2) is 5.13 Å². The van der Waals surface area contributed by atoms with Crippen molar-refractivity contribution >= 4 is 22.4 Å². The van der Waals surface area contributed by atoms with Gasteiger partial charge in [-0.3, -0.25) is 4.79 Å². The molecule has 1 aliphatic rings. The lowest BCUT2D eigenvalue weighted by Gasteiger charge is -2.17. The molecule has 0 saturated carbocycles. The van der Waals surface area contributed by atoms with E-state index < -0.39 is 6.10 Å². The van der Waals surface area contributed by atoms with E-state index in [9.17, 15) is 9.90 Å². The van der Waals surface area contributed by atoms with Crippen LogP contribution in [-0.4, -0.2) is 35.6 Å². The lowest BCUT2D eigenvalue weighted by atomic mass is 10.4. The molecule has 2 rings (SSSR count). The van der Waals surface area contributed by atoms with Gasteiger partial charge in [-0.25, -0.2) is 4.98 Å². The van der Waals surface area contributed by atoms with E-state index in [1.54, 1.807) is 13.1 Å². The molecule has 5 nitrogen and oxygen atoms in total. The number of aliphatic hydroxyl groups excluding tert-OH is 1. The van der Waals surface area contributed by atoms with Gasteiger partial charge in [-0.05, 0) is 6.92 Å². The fourth-order valence-electron chi connectivity index (χ4n) is 1.57. The molecule has 1 fully saturated rings. The summed E-state index contributed by atoms with van der Waals surface area (Å²) < 4.78 is 0. The second kappa shape index (κ2) is 4.80. The van der Waals surface area contributed by atoms with Gasteiger partial charge in [-0.2, -0.15) is 0 Å². The zero-order valence-corrected chi connectivity index (χ0v) is 9.96. The molecule has 1 aromatic heterocycles. The molecule has 0 spiro atoms. The molecule has 0 bridgehead atoms. The van der Waals surface area contributed by atoms with Gasteiger partial charge in [-0.15, -0.1) is 0 Å². The number of amides is 1. The van der Waals surface area contributed by atoms with Crippen molar-refractivity contribution < 1.29 is 9.90 Å². The molecule has 0 radical (unpaired) electrons. The smallest absolute Gasteiger partial charge is 0.221 e. The molecular formula is C10H15N3O2S. The topological polar surface area (TPSA) is 65.5 Å². The van der Waals surface area contributed by atoms with Crippen LogP contribution < -0.4 is 10.2 Å². The second-order valence-electron chi connectivity index (χ2n) is 3.81. The molecule has 1 atom stereocenters. The van der Waals surface area contributed by atoms with Gasteiger partial charge < -0.3 is 15.3 Å². The fourth-order valence-corrected chi connectivity index (χ4v) is 2.48. The SMILES string of the molecule is CC(O)c1cnc(N2CCNC(=O)CC2)s1. The third-order valence-corrected chi connectivity index (χ3v) is 3.73. The Balaban J connectivity index is 2.07. The monoisotopic (exact) mass is 241 g/mol. The van der Waals surface area contributed by atoms with Gasteiger partial charge in [0.1, 0.15) is 0 Å². The van der Waals surface area contributed by atoms with E-state index in [4.69, 9.17) is 0 Å². The van der Waals surface area contributed by atoms with Crippen LogP contribution in [0.3, 0.4) is 0 Å². The Morgan fingerprint density at radius 1 is 1.62 bits per heavy atom. The number of aliphatic hydroxyl groups is 1. The Morgan fingerprint density at radius 2 is 2.44 bits per heavy atom. The van der Waals surface area contributed by atoms with Crippen molar-refractivity contribution in [1.82, 2.24) is 10.3 Å². The Labute approximate surface area is 98.1 Å². The van der Waals surface area contributed by atoms with Crippen LogP contribution in [0.4, 0.5) is 5.13 Å². The summed E-state index contributed by atoms with van der Waals surface area (Å²) in [5, 5.41) is 13.1. The number of carbonyl (C=O) groups excluding carboxylic acids is 1. The van der Waals surface area contributed by atoms with Crippen LogP contribution in [0.15, 0.2) is 6.20 Å². The summed E-state index contributed by atoms with van der Waals surface area (Å²) in [5.41, 5.74) is 0. The normalized spacial score (nSPS) is 19.1. The van der Waals surface area contributed by atoms with Crippen molar-refractivity contribution in [1.29, 1.82) is 0 Å². The van der Waals surface area contributed by atoms with Crippen molar-refractivity contribution in [2.24, 2.45) is 0 Å². The first-order valence-electron chi connectivity index (χ1n) is 5.32. The quantitative estimate of drug-likeness (QED) is 0.792. The van der Waals surface area contributed by atoms with Gasteiger partial charge in [0.25, 0.3) is 0 Å². The van der Waals surface area contributed by atoms with Gasteiger partial charge in [0, 0.05) is 32.3 Å². The highest BCUT2D eigenvalue weighted by Gasteiger charge is 2.17. The Kier molecular flexibility index (Phi) is 3.40. The van der Waals surface area contributed by atoms with E-state index in [1.807, 2.05) is 0 Å². The molecule has 6 heteroatoms. The van der Waals surface area contributed by atoms with Crippen molar-refractivity contribution in [3.63, 3.8) is 0 Å². The molecule has 0 aromatic carbocycles. The molecule has 1 aromatic rings. The first kappa shape index (κ1) is 11.3. The summed E-state index contributed by atoms with van der Waals surface area (Å²) >= 11 is 1.48. The van der Waals surface area contributed by atoms with Crippen LogP contribution in [-0.2, 0) is 4.79 Å². The van der Waals surface area contributed by atoms with Crippen LogP contribution >= 0.6 is 11.3 Å². The third kappa shape index (κ3) is 2.51. The largest absolute Gasteiger partial charge is 0.388 e. The van der Waals surface area contributed by atoms with E-state index >= 15 is 0 Å². The summed E-state index contributed by atoms with van der Waals surface area (Å²) in [6, 6.07) is 0. The first-order valence-corrected chi connectivity index (χ1v) is 6.14. The number of hydrogen-bond acceptors (Lipinski definition) is 5. The van der Waals surface area contributed by atoms with Gasteiger partial charge in [0.05, 0.1) is 11.0 Å². The zero-order chi connectivity index (χ0) is 11.5. The van der Waals surface area contributed by atoms with E-state index in [0.29, 0.717) is 19.5 Å². The number of carbonyl (C=O) groups is 1. The number of nitrogens with one attached hydrogen (secondary N) is 1. The lowest BCUT2D eigenvalue weighted by molar-refractivity contribution is -0.120. The number of aromatic nitrogens is 1. The lowest BCUT2D eigenvalue weighted by Crippen LogP contribution is -2.28. The summed E-state index contributed by atoms with van der Waals surface area (Å²) in [4.78, 5) is 18.4. The summed E-state index contributed by atoms with van der Waals surface area (Å²) in [6.45, 7) is 3.85. The average molecular weight is 241 g/mol. The van der Waals surface area contributed by atoms with Crippen LogP contribution in [0, 0.1) is 0 Å². The average Bonchev–Trinajstić information content (AvgIpc) is 2.63. The Bertz CT molecular complexity index is 378. The summed E-state index contributed by atoms with van der Waals surface area (Å²) in [7, 11) is 0. The predicted octanol–water partition coefficient (Wildman–Crippen LogP) is 0.523. The fraction of sp³-hybridized carbons (Fsp3) is 0.600. The van der Waals surface area contributed by atoms with E-state index in [-0.39, 0.29) is 5.91 Å². The zero-order valence-electron chi connectivity index (χ0n) is 9.14. The first-order chi connectivity index (χ1) is 7.66. The van der Waals surface area contributed by atoms with Crippen LogP contribution in [0.2, 0.25) is 0 Å². The molecule has 2 heterocycles. The Morgan fingerprint density at radius 3 is 3.12 bits per heavy atom. The van der Waals surface area contributed by atoms with E-state index in [2.05, 4.69) is 15.2 Å². The summed E-state index contributed by atoms with van der Waals surface area (Å²) in [6.07, 6.45) is 1.73. The van der Waals surface area contributed by atoms with Crippen molar-refractivity contribution in [2.75, 3.05) is 24.5 Å². The van der Waals surface area contributed by atoms with E-state index in [0.717, 1.165) is 16.6 Å². The summed E-state index contributed by atoms with van der Waals surface area (Å²) in [5.74, 6) is 0.0924. The minimum atomic E-state index is -0.474. The van der Waals surface area contributed by atoms with Gasteiger partial charge >= 0.3 is 0 Å². The number of hydrogen-bond donors (Lipinski definition) is 2. The molecule has 1 saturated heterocycles. The number of rotatable bonds is 2. The second-order valence-corrected chi connectivity index (χ2v) is 4.85. The standard InChI is InChI=1S/C10H15N3O2S/c1-7(14)8-6-12-10(16-8)13-4-2-9(15)11-3-5-13/h6-7,14H,2-5H2,1H3,(H,11,15). The van der Waals surface area contributed by atoms with Gasteiger partial charge in [-0.1, -0.05) is 11.3 Å². The minimum Gasteiger partial charge on any atom is -0.388 e. The number of nitrogens with zero attached hydrogens (tertiary/aromatic N) is 2. The molecule has 1 unspecified atom stereocenters. The predicted molar refractivity (Wildman–Crippen MR) is 62.6 cm³/mol. The van der Waals surface area contributed by atoms with E-state index in [1.165, 1.54) is 11.3 Å². The molecule has 1 amide bonds. The maximum atomic E-state index is 11.2. The highest BCUT2D eigenvalue weighted by atomic mass is 32.1. The van der Waals surface area contributed by atoms with Crippen LogP contribution in [0.1, 0.15) is 24.3 Å². The number of thiazole rings is 1. The van der Waals surface area contributed by atoms with Crippen molar-refractivity contribution in [3.05, 3.63) is 11.1 Å². The third-order valence-electron chi connectivity index (χ3n) is 2.51. The maximum absolute atomic E-state index is 11.2. The molecule has 1 aliphatic heterocycles. The highest BCUT2D eigenvalue weighted by molar-refractivity contribution is 7.15. The molecule has 16 heavy (non-hydrogen) atoms. The molecular weight excluding hydrogens is 226 g/mol. The molecule has 88 valence electrons. The van der Waals surface area contributed by atoms with Crippen molar-refractivity contribution in [3.8, 4) is 0 Å². The van der Waals surface area contributed by atoms with Crippen LogP contribution in [0.5, 0.6) is 0 Å². The molecule has 2 N–H and O–H groups in total.